The molecule has 2 aromatic rings. The van der Waals surface area contributed by atoms with Gasteiger partial charge in [0.25, 0.3) is 11.5 Å². The third-order valence-electron chi connectivity index (χ3n) is 3.04. The quantitative estimate of drug-likeness (QED) is 0.787. The first kappa shape index (κ1) is 17.4. The van der Waals surface area contributed by atoms with E-state index in [0.29, 0.717) is 18.7 Å². The number of aryl methyl sites for hydroxylation is 2. The topological polar surface area (TPSA) is 116 Å². The first-order chi connectivity index (χ1) is 11.4. The first-order valence-electron chi connectivity index (χ1n) is 7.44. The minimum absolute atomic E-state index is 0.0417. The van der Waals surface area contributed by atoms with Crippen LogP contribution in [0, 0.1) is 6.92 Å². The number of nitrogens with zero attached hydrogens (tertiary/aromatic N) is 3. The summed E-state index contributed by atoms with van der Waals surface area (Å²) in [4.78, 5) is 35.6. The van der Waals surface area contributed by atoms with Crippen LogP contribution >= 0.6 is 0 Å². The normalized spacial score (nSPS) is 11.8. The summed E-state index contributed by atoms with van der Waals surface area (Å²) in [5.74, 6) is -0.579. The van der Waals surface area contributed by atoms with E-state index in [0.717, 1.165) is 0 Å². The average molecular weight is 334 g/mol. The van der Waals surface area contributed by atoms with Crippen molar-refractivity contribution < 1.29 is 18.8 Å². The van der Waals surface area contributed by atoms with Gasteiger partial charge in [0.05, 0.1) is 0 Å². The molecule has 9 heteroatoms. The molecule has 2 heterocycles. The lowest BCUT2D eigenvalue weighted by Gasteiger charge is -2.12. The Balaban J connectivity index is 2.01. The van der Waals surface area contributed by atoms with Crippen LogP contribution in [-0.4, -0.2) is 32.9 Å². The lowest BCUT2D eigenvalue weighted by Crippen LogP contribution is -2.31. The van der Waals surface area contributed by atoms with Crippen molar-refractivity contribution in [1.29, 1.82) is 0 Å². The summed E-state index contributed by atoms with van der Waals surface area (Å²) >= 11 is 0. The molecule has 0 saturated carbocycles. The van der Waals surface area contributed by atoms with Gasteiger partial charge in [-0.2, -0.15) is 5.10 Å². The van der Waals surface area contributed by atoms with Gasteiger partial charge in [0, 0.05) is 18.7 Å². The Morgan fingerprint density at radius 1 is 1.42 bits per heavy atom. The highest BCUT2D eigenvalue weighted by Crippen LogP contribution is 2.08. The molecular weight excluding hydrogens is 316 g/mol. The van der Waals surface area contributed by atoms with Crippen molar-refractivity contribution in [3.8, 4) is 0 Å². The summed E-state index contributed by atoms with van der Waals surface area (Å²) in [7, 11) is 0. The van der Waals surface area contributed by atoms with E-state index in [1.54, 1.807) is 6.92 Å². The largest absolute Gasteiger partial charge is 0.448 e. The lowest BCUT2D eigenvalue weighted by molar-refractivity contribution is -0.123. The van der Waals surface area contributed by atoms with Crippen molar-refractivity contribution in [2.75, 3.05) is 5.32 Å². The number of hydrogen-bond acceptors (Lipinski definition) is 7. The Morgan fingerprint density at radius 3 is 2.79 bits per heavy atom. The molecule has 2 rings (SSSR count). The van der Waals surface area contributed by atoms with Gasteiger partial charge in [-0.25, -0.2) is 9.48 Å². The number of amides is 1. The third-order valence-corrected chi connectivity index (χ3v) is 3.04. The van der Waals surface area contributed by atoms with Gasteiger partial charge in [-0.3, -0.25) is 9.59 Å². The van der Waals surface area contributed by atoms with Crippen LogP contribution < -0.4 is 10.9 Å². The molecule has 128 valence electrons. The molecular formula is C15H18N4O5. The first-order valence-corrected chi connectivity index (χ1v) is 7.44. The second-order valence-electron chi connectivity index (χ2n) is 5.14. The highest BCUT2D eigenvalue weighted by Gasteiger charge is 2.21. The molecule has 0 aliphatic heterocycles. The van der Waals surface area contributed by atoms with E-state index < -0.39 is 18.0 Å². The van der Waals surface area contributed by atoms with Crippen LogP contribution in [0.25, 0.3) is 0 Å². The van der Waals surface area contributed by atoms with E-state index in [4.69, 9.17) is 9.26 Å². The van der Waals surface area contributed by atoms with E-state index in [1.165, 1.54) is 29.8 Å². The number of rotatable bonds is 6. The number of aromatic nitrogens is 3. The van der Waals surface area contributed by atoms with Crippen LogP contribution in [0.15, 0.2) is 27.5 Å². The maximum atomic E-state index is 12.1. The summed E-state index contributed by atoms with van der Waals surface area (Å²) in [5, 5.41) is 10.0. The van der Waals surface area contributed by atoms with Crippen molar-refractivity contribution in [2.24, 2.45) is 0 Å². The molecule has 0 aliphatic carbocycles. The zero-order valence-electron chi connectivity index (χ0n) is 13.6. The number of ether oxygens (including phenoxy) is 1. The Labute approximate surface area is 137 Å². The average Bonchev–Trinajstić information content (AvgIpc) is 2.94. The maximum absolute atomic E-state index is 12.1. The van der Waals surface area contributed by atoms with Crippen molar-refractivity contribution >= 4 is 17.7 Å². The molecule has 0 bridgehead atoms. The minimum Gasteiger partial charge on any atom is -0.448 e. The molecule has 0 unspecified atom stereocenters. The standard InChI is InChI=1S/C15H18N4O5/c1-4-7-19-13(20)6-5-11(17-19)15(22)23-10(3)14(21)16-12-8-9(2)24-18-12/h5-6,8,10H,4,7H2,1-3H3,(H,16,18,21)/t10-/m1/s1. The van der Waals surface area contributed by atoms with Crippen LogP contribution in [-0.2, 0) is 16.1 Å². The monoisotopic (exact) mass is 334 g/mol. The van der Waals surface area contributed by atoms with Crippen LogP contribution in [0.2, 0.25) is 0 Å². The van der Waals surface area contributed by atoms with Gasteiger partial charge in [0.2, 0.25) is 0 Å². The van der Waals surface area contributed by atoms with Crippen LogP contribution in [0.4, 0.5) is 5.82 Å². The summed E-state index contributed by atoms with van der Waals surface area (Å²) in [5.41, 5.74) is -0.347. The minimum atomic E-state index is -1.07. The van der Waals surface area contributed by atoms with Crippen molar-refractivity contribution in [3.63, 3.8) is 0 Å². The second kappa shape index (κ2) is 7.53. The van der Waals surface area contributed by atoms with Gasteiger partial charge in [-0.15, -0.1) is 0 Å². The van der Waals surface area contributed by atoms with Gasteiger partial charge in [-0.05, 0) is 26.3 Å². The number of carbonyl (C=O) groups is 2. The van der Waals surface area contributed by atoms with Gasteiger partial charge < -0.3 is 14.6 Å². The third kappa shape index (κ3) is 4.28. The van der Waals surface area contributed by atoms with Crippen LogP contribution in [0.3, 0.4) is 0 Å². The molecule has 1 N–H and O–H groups in total. The van der Waals surface area contributed by atoms with E-state index in [-0.39, 0.29) is 17.1 Å². The summed E-state index contributed by atoms with van der Waals surface area (Å²) in [6.07, 6.45) is -0.371. The molecule has 0 saturated heterocycles. The predicted octanol–water partition coefficient (Wildman–Crippen LogP) is 1.13. The number of anilines is 1. The molecule has 9 nitrogen and oxygen atoms in total. The van der Waals surface area contributed by atoms with Crippen LogP contribution in [0.5, 0.6) is 0 Å². The Bertz CT molecular complexity index is 795. The lowest BCUT2D eigenvalue weighted by atomic mass is 10.3. The zero-order valence-corrected chi connectivity index (χ0v) is 13.6. The Morgan fingerprint density at radius 2 is 2.17 bits per heavy atom. The van der Waals surface area contributed by atoms with E-state index >= 15 is 0 Å². The maximum Gasteiger partial charge on any atom is 0.359 e. The molecule has 1 atom stereocenters. The molecule has 0 fully saturated rings. The van der Waals surface area contributed by atoms with Crippen molar-refractivity contribution in [3.05, 3.63) is 40.0 Å². The highest BCUT2D eigenvalue weighted by molar-refractivity contribution is 5.96. The number of esters is 1. The molecule has 0 aromatic carbocycles. The number of hydrogen-bond donors (Lipinski definition) is 1. The summed E-state index contributed by atoms with van der Waals surface area (Å²) < 4.78 is 11.1. The molecule has 0 spiro atoms. The van der Waals surface area contributed by atoms with E-state index in [1.807, 2.05) is 6.92 Å². The molecule has 24 heavy (non-hydrogen) atoms. The second-order valence-corrected chi connectivity index (χ2v) is 5.14. The molecule has 1 amide bonds. The highest BCUT2D eigenvalue weighted by atomic mass is 16.5. The predicted molar refractivity (Wildman–Crippen MR) is 83.5 cm³/mol. The van der Waals surface area contributed by atoms with E-state index in [9.17, 15) is 14.4 Å². The summed E-state index contributed by atoms with van der Waals surface area (Å²) in [6, 6.07) is 4.04. The summed E-state index contributed by atoms with van der Waals surface area (Å²) in [6.45, 7) is 5.38. The van der Waals surface area contributed by atoms with Gasteiger partial charge >= 0.3 is 5.97 Å². The van der Waals surface area contributed by atoms with E-state index in [2.05, 4.69) is 15.6 Å². The smallest absolute Gasteiger partial charge is 0.359 e. The zero-order chi connectivity index (χ0) is 17.7. The Hall–Kier alpha value is -2.97. The van der Waals surface area contributed by atoms with Crippen molar-refractivity contribution in [1.82, 2.24) is 14.9 Å². The number of nitrogens with one attached hydrogen (secondary N) is 1. The fourth-order valence-corrected chi connectivity index (χ4v) is 1.86. The fourth-order valence-electron chi connectivity index (χ4n) is 1.86. The SMILES string of the molecule is CCCn1nc(C(=O)O[C@H](C)C(=O)Nc2cc(C)on2)ccc1=O. The van der Waals surface area contributed by atoms with Crippen molar-refractivity contribution in [2.45, 2.75) is 39.8 Å². The van der Waals surface area contributed by atoms with Gasteiger partial charge in [0.1, 0.15) is 5.76 Å². The number of carbonyl (C=O) groups excluding carboxylic acids is 2. The molecule has 0 aliphatic rings. The van der Waals surface area contributed by atoms with Crippen LogP contribution in [0.1, 0.15) is 36.5 Å². The molecule has 0 radical (unpaired) electrons. The fraction of sp³-hybridized carbons (Fsp3) is 0.400. The molecule has 2 aromatic heterocycles. The van der Waals surface area contributed by atoms with Gasteiger partial charge in [0.15, 0.2) is 17.6 Å². The Kier molecular flexibility index (Phi) is 5.46. The van der Waals surface area contributed by atoms with Gasteiger partial charge in [-0.1, -0.05) is 12.1 Å².